The van der Waals surface area contributed by atoms with Crippen molar-refractivity contribution in [3.8, 4) is 0 Å². The fourth-order valence-corrected chi connectivity index (χ4v) is 5.50. The quantitative estimate of drug-likeness (QED) is 0.794. The third-order valence-corrected chi connectivity index (χ3v) is 7.02. The minimum Gasteiger partial charge on any atom is -0.472 e. The third-order valence-electron chi connectivity index (χ3n) is 7.02. The van der Waals surface area contributed by atoms with Crippen LogP contribution in [0, 0.1) is 22.7 Å². The summed E-state index contributed by atoms with van der Waals surface area (Å²) in [5.41, 5.74) is 1.39. The molecule has 0 amide bonds. The number of carbonyl (C=O) groups is 2. The van der Waals surface area contributed by atoms with Crippen LogP contribution in [0.15, 0.2) is 34.7 Å². The molecule has 4 rings (SSSR count). The summed E-state index contributed by atoms with van der Waals surface area (Å²) in [5.74, 6) is 0.554. The van der Waals surface area contributed by atoms with E-state index in [4.69, 9.17) is 9.15 Å². The van der Waals surface area contributed by atoms with Gasteiger partial charge in [0.05, 0.1) is 24.5 Å². The van der Waals surface area contributed by atoms with Crippen LogP contribution in [-0.4, -0.2) is 18.4 Å². The second kappa shape index (κ2) is 5.33. The highest BCUT2D eigenvalue weighted by Gasteiger charge is 2.65. The molecule has 1 saturated carbocycles. The van der Waals surface area contributed by atoms with Crippen molar-refractivity contribution in [2.24, 2.45) is 22.7 Å². The molecule has 4 nitrogen and oxygen atoms in total. The molecule has 0 spiro atoms. The predicted molar refractivity (Wildman–Crippen MR) is 88.1 cm³/mol. The van der Waals surface area contributed by atoms with Crippen molar-refractivity contribution < 1.29 is 18.7 Å². The van der Waals surface area contributed by atoms with Gasteiger partial charge in [-0.3, -0.25) is 9.59 Å². The van der Waals surface area contributed by atoms with Gasteiger partial charge >= 0.3 is 5.97 Å². The number of aryl methyl sites for hydroxylation is 1. The standard InChI is InChI=1S/C20H24O4/c1-13-3-7-20-14(2)9-16(21)10-17(20)19(13,12-24-18(20)22)6-4-15-5-8-23-11-15/h5,8-9,11,13,17H,3-4,6-7,10,12H2,1-2H3/t13-,17-,19+,20+/m1/s1. The molecule has 1 aromatic rings. The lowest BCUT2D eigenvalue weighted by Gasteiger charge is -2.61. The summed E-state index contributed by atoms with van der Waals surface area (Å²) in [7, 11) is 0. The maximum Gasteiger partial charge on any atom is 0.316 e. The van der Waals surface area contributed by atoms with Crippen LogP contribution >= 0.6 is 0 Å². The molecule has 3 aliphatic rings. The van der Waals surface area contributed by atoms with Crippen molar-refractivity contribution >= 4 is 11.8 Å². The maximum atomic E-state index is 12.8. The summed E-state index contributed by atoms with van der Waals surface area (Å²) >= 11 is 0. The smallest absolute Gasteiger partial charge is 0.316 e. The zero-order chi connectivity index (χ0) is 16.9. The second-order valence-electron chi connectivity index (χ2n) is 7.90. The molecule has 0 N–H and O–H groups in total. The molecule has 4 atom stereocenters. The van der Waals surface area contributed by atoms with E-state index in [1.165, 1.54) is 5.56 Å². The Morgan fingerprint density at radius 3 is 2.92 bits per heavy atom. The van der Waals surface area contributed by atoms with Gasteiger partial charge in [0.25, 0.3) is 0 Å². The molecule has 2 fully saturated rings. The number of hydrogen-bond donors (Lipinski definition) is 0. The number of ketones is 1. The van der Waals surface area contributed by atoms with E-state index in [0.29, 0.717) is 18.9 Å². The molecule has 0 unspecified atom stereocenters. The average molecular weight is 328 g/mol. The zero-order valence-electron chi connectivity index (χ0n) is 14.3. The summed E-state index contributed by atoms with van der Waals surface area (Å²) in [6.07, 6.45) is 9.26. The van der Waals surface area contributed by atoms with E-state index in [2.05, 4.69) is 6.92 Å². The Balaban J connectivity index is 1.75. The molecule has 4 heteroatoms. The molecule has 1 aliphatic heterocycles. The Labute approximate surface area is 142 Å². The molecule has 1 aromatic heterocycles. The largest absolute Gasteiger partial charge is 0.472 e. The van der Waals surface area contributed by atoms with Crippen molar-refractivity contribution in [3.05, 3.63) is 35.8 Å². The van der Waals surface area contributed by atoms with E-state index in [9.17, 15) is 9.59 Å². The van der Waals surface area contributed by atoms with Crippen LogP contribution in [0.25, 0.3) is 0 Å². The third kappa shape index (κ3) is 1.98. The Kier molecular flexibility index (Phi) is 3.48. The maximum absolute atomic E-state index is 12.8. The first-order valence-corrected chi connectivity index (χ1v) is 8.89. The Morgan fingerprint density at radius 1 is 1.33 bits per heavy atom. The Morgan fingerprint density at radius 2 is 2.17 bits per heavy atom. The molecule has 1 saturated heterocycles. The van der Waals surface area contributed by atoms with Crippen molar-refractivity contribution in [1.82, 2.24) is 0 Å². The number of cyclic esters (lactones) is 1. The number of ether oxygens (including phenoxy) is 1. The minimum atomic E-state index is -0.574. The van der Waals surface area contributed by atoms with E-state index in [1.807, 2.05) is 13.0 Å². The van der Waals surface area contributed by atoms with Gasteiger partial charge in [0.15, 0.2) is 5.78 Å². The normalized spacial score (nSPS) is 38.3. The summed E-state index contributed by atoms with van der Waals surface area (Å²) < 4.78 is 10.9. The van der Waals surface area contributed by atoms with Crippen LogP contribution in [0.3, 0.4) is 0 Å². The zero-order valence-corrected chi connectivity index (χ0v) is 14.3. The number of rotatable bonds is 3. The number of esters is 1. The summed E-state index contributed by atoms with van der Waals surface area (Å²) in [6.45, 7) is 4.64. The monoisotopic (exact) mass is 328 g/mol. The Hall–Kier alpha value is -1.84. The van der Waals surface area contributed by atoms with E-state index in [1.54, 1.807) is 18.6 Å². The van der Waals surface area contributed by atoms with Crippen molar-refractivity contribution in [2.45, 2.75) is 46.0 Å². The summed E-state index contributed by atoms with van der Waals surface area (Å²) in [6, 6.07) is 1.99. The summed E-state index contributed by atoms with van der Waals surface area (Å²) in [5, 5.41) is 0. The van der Waals surface area contributed by atoms with Crippen LogP contribution in [0.2, 0.25) is 0 Å². The topological polar surface area (TPSA) is 56.5 Å². The van der Waals surface area contributed by atoms with Gasteiger partial charge < -0.3 is 9.15 Å². The highest BCUT2D eigenvalue weighted by Crippen LogP contribution is 2.64. The molecule has 2 aliphatic carbocycles. The second-order valence-corrected chi connectivity index (χ2v) is 7.90. The average Bonchev–Trinajstić information content (AvgIpc) is 3.06. The van der Waals surface area contributed by atoms with Crippen LogP contribution in [0.4, 0.5) is 0 Å². The van der Waals surface area contributed by atoms with Crippen LogP contribution in [0.5, 0.6) is 0 Å². The highest BCUT2D eigenvalue weighted by molar-refractivity contribution is 5.96. The number of furan rings is 1. The van der Waals surface area contributed by atoms with Crippen LogP contribution in [-0.2, 0) is 20.7 Å². The van der Waals surface area contributed by atoms with Crippen LogP contribution < -0.4 is 0 Å². The lowest BCUT2D eigenvalue weighted by molar-refractivity contribution is -0.203. The molecule has 2 heterocycles. The number of carbonyl (C=O) groups excluding carboxylic acids is 2. The first-order chi connectivity index (χ1) is 11.5. The van der Waals surface area contributed by atoms with Gasteiger partial charge in [0.2, 0.25) is 0 Å². The van der Waals surface area contributed by atoms with Gasteiger partial charge in [-0.25, -0.2) is 0 Å². The molecular weight excluding hydrogens is 304 g/mol. The fraction of sp³-hybridized carbons (Fsp3) is 0.600. The first-order valence-electron chi connectivity index (χ1n) is 8.89. The lowest BCUT2D eigenvalue weighted by atomic mass is 9.44. The first kappa shape index (κ1) is 15.7. The molecule has 2 bridgehead atoms. The molecule has 24 heavy (non-hydrogen) atoms. The van der Waals surface area contributed by atoms with Crippen molar-refractivity contribution in [1.29, 1.82) is 0 Å². The molecular formula is C20H24O4. The van der Waals surface area contributed by atoms with E-state index in [-0.39, 0.29) is 23.1 Å². The van der Waals surface area contributed by atoms with Gasteiger partial charge in [0.1, 0.15) is 0 Å². The fourth-order valence-electron chi connectivity index (χ4n) is 5.50. The van der Waals surface area contributed by atoms with Gasteiger partial charge in [-0.15, -0.1) is 0 Å². The van der Waals surface area contributed by atoms with E-state index >= 15 is 0 Å². The van der Waals surface area contributed by atoms with E-state index in [0.717, 1.165) is 31.3 Å². The Bertz CT molecular complexity index is 701. The molecule has 0 aromatic carbocycles. The minimum absolute atomic E-state index is 0.0689. The van der Waals surface area contributed by atoms with Crippen LogP contribution in [0.1, 0.15) is 45.1 Å². The SMILES string of the molecule is CC1=CC(=O)C[C@H]2[C@]13CC[C@@H](C)[C@]2(CCc1ccoc1)COC3=O. The predicted octanol–water partition coefficient (Wildman–Crippen LogP) is 3.71. The summed E-state index contributed by atoms with van der Waals surface area (Å²) in [4.78, 5) is 25.1. The van der Waals surface area contributed by atoms with Gasteiger partial charge in [-0.1, -0.05) is 12.5 Å². The number of hydrogen-bond acceptors (Lipinski definition) is 4. The van der Waals surface area contributed by atoms with E-state index < -0.39 is 5.41 Å². The van der Waals surface area contributed by atoms with Gasteiger partial charge in [0, 0.05) is 11.8 Å². The molecule has 128 valence electrons. The van der Waals surface area contributed by atoms with Crippen molar-refractivity contribution in [2.75, 3.05) is 6.61 Å². The number of allylic oxidation sites excluding steroid dienone is 1. The van der Waals surface area contributed by atoms with Gasteiger partial charge in [-0.05, 0) is 62.1 Å². The van der Waals surface area contributed by atoms with Gasteiger partial charge in [-0.2, -0.15) is 0 Å². The van der Waals surface area contributed by atoms with Crippen molar-refractivity contribution in [3.63, 3.8) is 0 Å². The molecule has 0 radical (unpaired) electrons. The lowest BCUT2D eigenvalue weighted by Crippen LogP contribution is -2.62. The highest BCUT2D eigenvalue weighted by atomic mass is 16.5.